The molecule has 88 valence electrons. The van der Waals surface area contributed by atoms with E-state index in [-0.39, 0.29) is 5.02 Å². The zero-order chi connectivity index (χ0) is 11.6. The summed E-state index contributed by atoms with van der Waals surface area (Å²) in [5, 5.41) is 13.3. The number of hydrogen-bond acceptors (Lipinski definition) is 2. The molecule has 1 aromatic rings. The number of halogens is 2. The van der Waals surface area contributed by atoms with Crippen molar-refractivity contribution in [2.45, 2.75) is 37.8 Å². The van der Waals surface area contributed by atoms with Gasteiger partial charge in [-0.1, -0.05) is 18.0 Å². The zero-order valence-electron chi connectivity index (χ0n) is 8.97. The Hall–Kier alpha value is -0.800. The first-order valence-corrected chi connectivity index (χ1v) is 5.92. The maximum Gasteiger partial charge on any atom is 0.141 e. The van der Waals surface area contributed by atoms with Crippen molar-refractivity contribution in [2.24, 2.45) is 0 Å². The van der Waals surface area contributed by atoms with Crippen LogP contribution in [-0.4, -0.2) is 10.8 Å². The van der Waals surface area contributed by atoms with E-state index in [9.17, 15) is 9.50 Å². The van der Waals surface area contributed by atoms with Crippen LogP contribution in [0.4, 0.5) is 10.1 Å². The van der Waals surface area contributed by atoms with Gasteiger partial charge in [0, 0.05) is 5.69 Å². The molecule has 16 heavy (non-hydrogen) atoms. The SMILES string of the molecule is OC1(Nc2ccc(F)c(Cl)c2)CCCCC1. The van der Waals surface area contributed by atoms with E-state index in [1.165, 1.54) is 12.1 Å². The predicted octanol–water partition coefficient (Wildman–Crippen LogP) is 3.54. The molecule has 0 unspecified atom stereocenters. The number of benzene rings is 1. The van der Waals surface area contributed by atoms with Crippen molar-refractivity contribution >= 4 is 17.3 Å². The maximum atomic E-state index is 13.0. The standard InChI is InChI=1S/C12H15ClFNO/c13-10-8-9(4-5-11(10)14)15-12(16)6-2-1-3-7-12/h4-5,8,15-16H,1-3,6-7H2. The van der Waals surface area contributed by atoms with Gasteiger partial charge in [0.1, 0.15) is 11.5 Å². The minimum atomic E-state index is -0.862. The second-order valence-corrected chi connectivity index (χ2v) is 4.75. The Balaban J connectivity index is 2.10. The van der Waals surface area contributed by atoms with Crippen LogP contribution in [0.2, 0.25) is 5.02 Å². The van der Waals surface area contributed by atoms with Crippen molar-refractivity contribution in [3.05, 3.63) is 29.0 Å². The summed E-state index contributed by atoms with van der Waals surface area (Å²) >= 11 is 5.68. The molecule has 1 aromatic carbocycles. The molecular formula is C12H15ClFNO. The molecule has 2 nitrogen and oxygen atoms in total. The summed E-state index contributed by atoms with van der Waals surface area (Å²) in [6.07, 6.45) is 4.63. The summed E-state index contributed by atoms with van der Waals surface area (Å²) < 4.78 is 13.0. The monoisotopic (exact) mass is 243 g/mol. The van der Waals surface area contributed by atoms with E-state index < -0.39 is 11.5 Å². The number of rotatable bonds is 2. The summed E-state index contributed by atoms with van der Waals surface area (Å²) in [5.74, 6) is -0.442. The van der Waals surface area contributed by atoms with Gasteiger partial charge >= 0.3 is 0 Å². The van der Waals surface area contributed by atoms with Gasteiger partial charge in [-0.3, -0.25) is 0 Å². The van der Waals surface area contributed by atoms with Gasteiger partial charge < -0.3 is 10.4 Å². The van der Waals surface area contributed by atoms with E-state index in [4.69, 9.17) is 11.6 Å². The van der Waals surface area contributed by atoms with Crippen molar-refractivity contribution in [3.63, 3.8) is 0 Å². The van der Waals surface area contributed by atoms with E-state index >= 15 is 0 Å². The third-order valence-corrected chi connectivity index (χ3v) is 3.27. The molecule has 1 aliphatic carbocycles. The lowest BCUT2D eigenvalue weighted by Gasteiger charge is -2.33. The second-order valence-electron chi connectivity index (χ2n) is 4.35. The highest BCUT2D eigenvalue weighted by Gasteiger charge is 2.28. The summed E-state index contributed by atoms with van der Waals surface area (Å²) in [5.41, 5.74) is -0.199. The first-order chi connectivity index (χ1) is 7.59. The highest BCUT2D eigenvalue weighted by molar-refractivity contribution is 6.31. The van der Waals surface area contributed by atoms with Crippen LogP contribution in [0.1, 0.15) is 32.1 Å². The van der Waals surface area contributed by atoms with E-state index in [1.807, 2.05) is 0 Å². The lowest BCUT2D eigenvalue weighted by molar-refractivity contribution is 0.0317. The van der Waals surface area contributed by atoms with Crippen LogP contribution in [-0.2, 0) is 0 Å². The van der Waals surface area contributed by atoms with Crippen LogP contribution in [0.15, 0.2) is 18.2 Å². The van der Waals surface area contributed by atoms with Gasteiger partial charge in [-0.05, 0) is 43.9 Å². The van der Waals surface area contributed by atoms with E-state index in [0.717, 1.165) is 32.1 Å². The molecule has 0 spiro atoms. The summed E-state index contributed by atoms with van der Waals surface area (Å²) in [7, 11) is 0. The second kappa shape index (κ2) is 4.60. The Kier molecular flexibility index (Phi) is 3.36. The fourth-order valence-electron chi connectivity index (χ4n) is 2.10. The molecule has 1 aliphatic rings. The van der Waals surface area contributed by atoms with Crippen molar-refractivity contribution in [1.82, 2.24) is 0 Å². The molecule has 0 amide bonds. The van der Waals surface area contributed by atoms with Crippen LogP contribution >= 0.6 is 11.6 Å². The molecule has 0 aromatic heterocycles. The number of anilines is 1. The number of nitrogens with one attached hydrogen (secondary N) is 1. The molecule has 1 saturated carbocycles. The molecule has 0 heterocycles. The molecule has 0 atom stereocenters. The highest BCUT2D eigenvalue weighted by atomic mass is 35.5. The molecule has 0 aliphatic heterocycles. The average Bonchev–Trinajstić information content (AvgIpc) is 2.24. The lowest BCUT2D eigenvalue weighted by Crippen LogP contribution is -2.39. The Morgan fingerprint density at radius 2 is 1.94 bits per heavy atom. The average molecular weight is 244 g/mol. The molecule has 1 fully saturated rings. The van der Waals surface area contributed by atoms with Gasteiger partial charge in [0.25, 0.3) is 0 Å². The summed E-state index contributed by atoms with van der Waals surface area (Å²) in [6, 6.07) is 4.40. The lowest BCUT2D eigenvalue weighted by atomic mass is 9.91. The minimum Gasteiger partial charge on any atom is -0.371 e. The predicted molar refractivity (Wildman–Crippen MR) is 63.1 cm³/mol. The molecule has 0 bridgehead atoms. The first kappa shape index (κ1) is 11.7. The topological polar surface area (TPSA) is 32.3 Å². The molecule has 4 heteroatoms. The van der Waals surface area contributed by atoms with Crippen molar-refractivity contribution in [2.75, 3.05) is 5.32 Å². The number of aliphatic hydroxyl groups is 1. The van der Waals surface area contributed by atoms with E-state index in [1.54, 1.807) is 6.07 Å². The molecule has 2 rings (SSSR count). The molecule has 2 N–H and O–H groups in total. The van der Waals surface area contributed by atoms with Crippen molar-refractivity contribution < 1.29 is 9.50 Å². The zero-order valence-corrected chi connectivity index (χ0v) is 9.73. The van der Waals surface area contributed by atoms with Gasteiger partial charge in [-0.15, -0.1) is 0 Å². The van der Waals surface area contributed by atoms with Crippen LogP contribution in [0.5, 0.6) is 0 Å². The van der Waals surface area contributed by atoms with Crippen molar-refractivity contribution in [3.8, 4) is 0 Å². The van der Waals surface area contributed by atoms with E-state index in [0.29, 0.717) is 5.69 Å². The number of hydrogen-bond donors (Lipinski definition) is 2. The van der Waals surface area contributed by atoms with Crippen LogP contribution in [0.25, 0.3) is 0 Å². The Labute approximate surface area is 99.4 Å². The molecular weight excluding hydrogens is 229 g/mol. The quantitative estimate of drug-likeness (QED) is 0.779. The van der Waals surface area contributed by atoms with Gasteiger partial charge in [-0.2, -0.15) is 0 Å². The third-order valence-electron chi connectivity index (χ3n) is 2.98. The van der Waals surface area contributed by atoms with Gasteiger partial charge in [-0.25, -0.2) is 4.39 Å². The van der Waals surface area contributed by atoms with Crippen LogP contribution < -0.4 is 5.32 Å². The van der Waals surface area contributed by atoms with Crippen molar-refractivity contribution in [1.29, 1.82) is 0 Å². The Bertz CT molecular complexity index is 377. The normalized spacial score (nSPS) is 19.4. The van der Waals surface area contributed by atoms with Gasteiger partial charge in [0.2, 0.25) is 0 Å². The third kappa shape index (κ3) is 2.66. The van der Waals surface area contributed by atoms with Crippen LogP contribution in [0, 0.1) is 5.82 Å². The first-order valence-electron chi connectivity index (χ1n) is 5.55. The van der Waals surface area contributed by atoms with Gasteiger partial charge in [0.15, 0.2) is 0 Å². The minimum absolute atomic E-state index is 0.0735. The fourth-order valence-corrected chi connectivity index (χ4v) is 2.28. The maximum absolute atomic E-state index is 13.0. The molecule has 0 saturated heterocycles. The fraction of sp³-hybridized carbons (Fsp3) is 0.500. The highest BCUT2D eigenvalue weighted by Crippen LogP contribution is 2.30. The van der Waals surface area contributed by atoms with Crippen LogP contribution in [0.3, 0.4) is 0 Å². The largest absolute Gasteiger partial charge is 0.371 e. The summed E-state index contributed by atoms with van der Waals surface area (Å²) in [4.78, 5) is 0. The van der Waals surface area contributed by atoms with Gasteiger partial charge in [0.05, 0.1) is 5.02 Å². The smallest absolute Gasteiger partial charge is 0.141 e. The molecule has 0 radical (unpaired) electrons. The Morgan fingerprint density at radius 1 is 1.25 bits per heavy atom. The van der Waals surface area contributed by atoms with E-state index in [2.05, 4.69) is 5.32 Å². The Morgan fingerprint density at radius 3 is 2.56 bits per heavy atom. The summed E-state index contributed by atoms with van der Waals surface area (Å²) in [6.45, 7) is 0.